The molecular formula is C25H26N4O4SSi. The van der Waals surface area contributed by atoms with Crippen LogP contribution in [-0.2, 0) is 14.3 Å². The van der Waals surface area contributed by atoms with Crippen molar-refractivity contribution in [2.45, 2.75) is 37.6 Å². The molecule has 0 bridgehead atoms. The molecule has 0 saturated carbocycles. The molecule has 0 aliphatic heterocycles. The van der Waals surface area contributed by atoms with Crippen LogP contribution in [0.4, 0.5) is 0 Å². The molecule has 1 unspecified atom stereocenters. The first-order valence-electron chi connectivity index (χ1n) is 11.1. The lowest BCUT2D eigenvalue weighted by Crippen LogP contribution is -2.27. The summed E-state index contributed by atoms with van der Waals surface area (Å²) in [7, 11) is -5.39. The Kier molecular flexibility index (Phi) is 6.76. The van der Waals surface area contributed by atoms with Crippen molar-refractivity contribution in [2.24, 2.45) is 0 Å². The van der Waals surface area contributed by atoms with Gasteiger partial charge in [-0.15, -0.1) is 0 Å². The average molecular weight is 507 g/mol. The van der Waals surface area contributed by atoms with Crippen LogP contribution in [-0.4, -0.2) is 37.4 Å². The number of rotatable bonds is 8. The summed E-state index contributed by atoms with van der Waals surface area (Å²) in [6, 6.07) is 17.6. The van der Waals surface area contributed by atoms with Gasteiger partial charge in [-0.1, -0.05) is 13.0 Å². The molecule has 0 radical (unpaired) electrons. The van der Waals surface area contributed by atoms with Gasteiger partial charge in [0, 0.05) is 17.8 Å². The number of nitrogens with one attached hydrogen (secondary N) is 1. The van der Waals surface area contributed by atoms with E-state index in [1.807, 2.05) is 37.8 Å². The van der Waals surface area contributed by atoms with Crippen LogP contribution in [0, 0.1) is 11.3 Å². The predicted octanol–water partition coefficient (Wildman–Crippen LogP) is 5.63. The third-order valence-electron chi connectivity index (χ3n) is 5.18. The molecular weight excluding hydrogens is 480 g/mol. The first kappa shape index (κ1) is 24.6. The number of nitriles is 1. The van der Waals surface area contributed by atoms with Crippen molar-refractivity contribution < 1.29 is 17.6 Å². The van der Waals surface area contributed by atoms with Crippen molar-refractivity contribution in [1.29, 1.82) is 5.26 Å². The molecule has 2 aromatic carbocycles. The third kappa shape index (κ3) is 5.59. The second-order valence-corrected chi connectivity index (χ2v) is 15.7. The number of aromatic nitrogens is 3. The van der Waals surface area contributed by atoms with E-state index in [9.17, 15) is 13.7 Å². The lowest BCUT2D eigenvalue weighted by Gasteiger charge is -2.23. The lowest BCUT2D eigenvalue weighted by molar-refractivity contribution is 0.250. The van der Waals surface area contributed by atoms with Gasteiger partial charge in [-0.3, -0.25) is 4.98 Å². The molecule has 0 saturated heterocycles. The van der Waals surface area contributed by atoms with Crippen LogP contribution in [0.2, 0.25) is 19.6 Å². The zero-order valence-electron chi connectivity index (χ0n) is 19.9. The minimum absolute atomic E-state index is 0.0182. The first-order valence-corrected chi connectivity index (χ1v) is 16.2. The van der Waals surface area contributed by atoms with Crippen LogP contribution in [0.15, 0.2) is 65.7 Å². The van der Waals surface area contributed by atoms with Crippen molar-refractivity contribution in [1.82, 2.24) is 15.0 Å². The number of sulfone groups is 1. The highest BCUT2D eigenvalue weighted by atomic mass is 32.2. The summed E-state index contributed by atoms with van der Waals surface area (Å²) in [5.41, 5.74) is 2.60. The van der Waals surface area contributed by atoms with Crippen LogP contribution in [0.3, 0.4) is 0 Å². The summed E-state index contributed by atoms with van der Waals surface area (Å²) in [5, 5.41) is 9.93. The van der Waals surface area contributed by atoms with Crippen LogP contribution in [0.5, 0.6) is 11.5 Å². The van der Waals surface area contributed by atoms with Gasteiger partial charge in [0.05, 0.1) is 27.8 Å². The quantitative estimate of drug-likeness (QED) is 0.308. The Balaban J connectivity index is 1.79. The number of pyridine rings is 1. The molecule has 1 N–H and O–H groups in total. The molecule has 0 spiro atoms. The Morgan fingerprint density at radius 1 is 1.11 bits per heavy atom. The molecule has 10 heteroatoms. The summed E-state index contributed by atoms with van der Waals surface area (Å²) >= 11 is 0. The van der Waals surface area contributed by atoms with Crippen LogP contribution < -0.4 is 4.74 Å². The molecule has 0 fully saturated rings. The number of ether oxygens (including phenoxy) is 1. The van der Waals surface area contributed by atoms with Crippen molar-refractivity contribution >= 4 is 29.2 Å². The number of hydrogen-bond acceptors (Lipinski definition) is 7. The molecule has 2 heterocycles. The minimum Gasteiger partial charge on any atom is -0.457 e. The zero-order valence-corrected chi connectivity index (χ0v) is 21.8. The summed E-state index contributed by atoms with van der Waals surface area (Å²) in [6.07, 6.45) is 0.842. The SMILES string of the molecule is CCS(=O)(=O)c1ccc(Oc2cc3[nH]c(-c4ccccn4)nc3cc2C(C#N)O[Si](C)(C)C)cc1. The molecule has 4 aromatic rings. The second-order valence-electron chi connectivity index (χ2n) is 8.92. The number of nitrogens with zero attached hydrogens (tertiary/aromatic N) is 3. The van der Waals surface area contributed by atoms with Gasteiger partial charge in [-0.05, 0) is 62.1 Å². The van der Waals surface area contributed by atoms with Crippen LogP contribution in [0.1, 0.15) is 18.6 Å². The summed E-state index contributed by atoms with van der Waals surface area (Å²) in [4.78, 5) is 12.5. The topological polar surface area (TPSA) is 118 Å². The summed E-state index contributed by atoms with van der Waals surface area (Å²) < 4.78 is 36.6. The zero-order chi connectivity index (χ0) is 25.2. The van der Waals surface area contributed by atoms with Crippen LogP contribution in [0.25, 0.3) is 22.6 Å². The highest BCUT2D eigenvalue weighted by molar-refractivity contribution is 7.91. The van der Waals surface area contributed by atoms with Crippen molar-refractivity contribution in [2.75, 3.05) is 5.75 Å². The van der Waals surface area contributed by atoms with Crippen LogP contribution >= 0.6 is 0 Å². The molecule has 0 aliphatic carbocycles. The Morgan fingerprint density at radius 3 is 2.46 bits per heavy atom. The Hall–Kier alpha value is -3.52. The van der Waals surface area contributed by atoms with E-state index >= 15 is 0 Å². The number of imidazole rings is 1. The maximum atomic E-state index is 12.1. The van der Waals surface area contributed by atoms with E-state index in [-0.39, 0.29) is 10.6 Å². The number of hydrogen-bond donors (Lipinski definition) is 1. The molecule has 35 heavy (non-hydrogen) atoms. The smallest absolute Gasteiger partial charge is 0.186 e. The van der Waals surface area contributed by atoms with E-state index in [1.54, 1.807) is 37.4 Å². The van der Waals surface area contributed by atoms with E-state index in [2.05, 4.69) is 21.0 Å². The number of benzene rings is 2. The molecule has 0 aliphatic rings. The van der Waals surface area contributed by atoms with Gasteiger partial charge in [-0.25, -0.2) is 13.4 Å². The Labute approximate surface area is 205 Å². The highest BCUT2D eigenvalue weighted by Crippen LogP contribution is 2.36. The maximum Gasteiger partial charge on any atom is 0.186 e. The third-order valence-corrected chi connectivity index (χ3v) is 7.88. The Bertz CT molecular complexity index is 1490. The molecule has 1 atom stereocenters. The number of H-pyrrole nitrogens is 1. The molecule has 0 amide bonds. The fourth-order valence-electron chi connectivity index (χ4n) is 3.49. The molecule has 8 nitrogen and oxygen atoms in total. The van der Waals surface area contributed by atoms with Gasteiger partial charge in [0.1, 0.15) is 17.2 Å². The van der Waals surface area contributed by atoms with Gasteiger partial charge >= 0.3 is 0 Å². The Morgan fingerprint density at radius 2 is 1.86 bits per heavy atom. The van der Waals surface area contributed by atoms with E-state index < -0.39 is 24.3 Å². The van der Waals surface area contributed by atoms with Crippen molar-refractivity contribution in [3.05, 3.63) is 66.4 Å². The fraction of sp³-hybridized carbons (Fsp3) is 0.240. The second kappa shape index (κ2) is 9.62. The van der Waals surface area contributed by atoms with Gasteiger partial charge in [0.25, 0.3) is 0 Å². The highest BCUT2D eigenvalue weighted by Gasteiger charge is 2.26. The number of fused-ring (bicyclic) bond motifs is 1. The fourth-order valence-corrected chi connectivity index (χ4v) is 5.26. The largest absolute Gasteiger partial charge is 0.457 e. The van der Waals surface area contributed by atoms with E-state index in [0.717, 1.165) is 0 Å². The average Bonchev–Trinajstić information content (AvgIpc) is 3.25. The normalized spacial score (nSPS) is 12.9. The van der Waals surface area contributed by atoms with Gasteiger partial charge in [0.2, 0.25) is 0 Å². The summed E-state index contributed by atoms with van der Waals surface area (Å²) in [6.45, 7) is 7.64. The van der Waals surface area contributed by atoms with E-state index in [4.69, 9.17) is 9.16 Å². The van der Waals surface area contributed by atoms with Crippen molar-refractivity contribution in [3.8, 4) is 29.1 Å². The van der Waals surface area contributed by atoms with E-state index in [1.165, 1.54) is 12.1 Å². The molecule has 180 valence electrons. The minimum atomic E-state index is -3.32. The maximum absolute atomic E-state index is 12.1. The monoisotopic (exact) mass is 506 g/mol. The van der Waals surface area contributed by atoms with Gasteiger partial charge in [-0.2, -0.15) is 5.26 Å². The predicted molar refractivity (Wildman–Crippen MR) is 136 cm³/mol. The summed E-state index contributed by atoms with van der Waals surface area (Å²) in [5.74, 6) is 1.47. The molecule has 2 aromatic heterocycles. The van der Waals surface area contributed by atoms with Gasteiger partial charge in [0.15, 0.2) is 30.1 Å². The van der Waals surface area contributed by atoms with Crippen molar-refractivity contribution in [3.63, 3.8) is 0 Å². The van der Waals surface area contributed by atoms with Gasteiger partial charge < -0.3 is 14.1 Å². The van der Waals surface area contributed by atoms with E-state index in [0.29, 0.717) is 39.6 Å². The number of aromatic amines is 1. The molecule has 4 rings (SSSR count). The first-order chi connectivity index (χ1) is 16.6. The standard InChI is InChI=1S/C25H26N4O4SSi/c1-5-34(30,31)18-11-9-17(10-12-18)32-23-15-22-21(14-19(23)24(16-26)33-35(2,3)4)28-25(29-22)20-8-6-7-13-27-20/h6-15,24H,5H2,1-4H3,(H,28,29). The lowest BCUT2D eigenvalue weighted by atomic mass is 10.1.